The van der Waals surface area contributed by atoms with Gasteiger partial charge in [-0.3, -0.25) is 0 Å². The molecule has 2 rings (SSSR count). The first-order valence-corrected chi connectivity index (χ1v) is 7.46. The van der Waals surface area contributed by atoms with Gasteiger partial charge in [-0.1, -0.05) is 6.07 Å². The third-order valence-electron chi connectivity index (χ3n) is 3.23. The molecule has 0 aliphatic rings. The van der Waals surface area contributed by atoms with E-state index in [0.717, 1.165) is 16.9 Å². The molecule has 0 aliphatic heterocycles. The maximum atomic E-state index is 5.40. The van der Waals surface area contributed by atoms with Gasteiger partial charge in [-0.2, -0.15) is 5.10 Å². The number of methoxy groups -OCH3 is 2. The zero-order chi connectivity index (χ0) is 16.5. The van der Waals surface area contributed by atoms with Crippen molar-refractivity contribution in [3.63, 3.8) is 0 Å². The second kappa shape index (κ2) is 8.68. The highest BCUT2D eigenvalue weighted by Gasteiger charge is 2.03. The molecule has 5 nitrogen and oxygen atoms in total. The summed E-state index contributed by atoms with van der Waals surface area (Å²) in [5, 5.41) is 4.22. The molecule has 2 aromatic carbocycles. The Morgan fingerprint density at radius 3 is 2.39 bits per heavy atom. The van der Waals surface area contributed by atoms with Crippen LogP contribution < -0.4 is 19.6 Å². The number of hydrogen-bond acceptors (Lipinski definition) is 5. The normalized spacial score (nSPS) is 10.6. The van der Waals surface area contributed by atoms with Gasteiger partial charge in [-0.25, -0.2) is 0 Å². The summed E-state index contributed by atoms with van der Waals surface area (Å²) in [5.74, 6) is 2.29. The first kappa shape index (κ1) is 16.7. The first-order valence-electron chi connectivity index (χ1n) is 7.46. The summed E-state index contributed by atoms with van der Waals surface area (Å²) in [7, 11) is 3.25. The summed E-state index contributed by atoms with van der Waals surface area (Å²) in [6.07, 6.45) is 1.77. The van der Waals surface area contributed by atoms with Gasteiger partial charge in [-0.05, 0) is 54.4 Å². The van der Waals surface area contributed by atoms with Crippen LogP contribution in [-0.4, -0.2) is 27.0 Å². The van der Waals surface area contributed by atoms with Crippen LogP contribution >= 0.6 is 0 Å². The van der Waals surface area contributed by atoms with E-state index in [0.29, 0.717) is 24.7 Å². The van der Waals surface area contributed by atoms with Crippen LogP contribution in [0.15, 0.2) is 47.6 Å². The van der Waals surface area contributed by atoms with Crippen LogP contribution in [0, 0.1) is 0 Å². The summed E-state index contributed by atoms with van der Waals surface area (Å²) in [5.41, 5.74) is 5.09. The topological polar surface area (TPSA) is 52.1 Å². The largest absolute Gasteiger partial charge is 0.494 e. The Morgan fingerprint density at radius 2 is 1.74 bits per heavy atom. The van der Waals surface area contributed by atoms with Crippen LogP contribution in [0.3, 0.4) is 0 Å². The molecule has 5 heteroatoms. The number of nitrogens with zero attached hydrogens (tertiary/aromatic N) is 1. The van der Waals surface area contributed by atoms with Crippen LogP contribution in [0.5, 0.6) is 17.2 Å². The molecule has 1 N–H and O–H groups in total. The molecule has 0 atom stereocenters. The molecule has 0 aliphatic carbocycles. The highest BCUT2D eigenvalue weighted by Crippen LogP contribution is 2.27. The van der Waals surface area contributed by atoms with Crippen molar-refractivity contribution < 1.29 is 14.2 Å². The van der Waals surface area contributed by atoms with Crippen molar-refractivity contribution in [2.24, 2.45) is 5.10 Å². The van der Waals surface area contributed by atoms with Crippen molar-refractivity contribution in [2.75, 3.05) is 20.8 Å². The molecule has 0 spiro atoms. The predicted octanol–water partition coefficient (Wildman–Crippen LogP) is 3.23. The SMILES string of the molecule is CCOc1ccc(/C=N/NCc2ccc(OC)c(OC)c2)cc1. The minimum absolute atomic E-state index is 0.605. The van der Waals surface area contributed by atoms with Crippen LogP contribution in [0.4, 0.5) is 0 Å². The van der Waals surface area contributed by atoms with Crippen molar-refractivity contribution in [1.29, 1.82) is 0 Å². The summed E-state index contributed by atoms with van der Waals surface area (Å²) >= 11 is 0. The van der Waals surface area contributed by atoms with Gasteiger partial charge in [0, 0.05) is 0 Å². The monoisotopic (exact) mass is 314 g/mol. The minimum Gasteiger partial charge on any atom is -0.494 e. The van der Waals surface area contributed by atoms with Gasteiger partial charge in [0.1, 0.15) is 5.75 Å². The first-order chi connectivity index (χ1) is 11.3. The fourth-order valence-electron chi connectivity index (χ4n) is 2.06. The Labute approximate surface area is 136 Å². The van der Waals surface area contributed by atoms with E-state index in [4.69, 9.17) is 14.2 Å². The molecule has 0 heterocycles. The number of hydrogen-bond donors (Lipinski definition) is 1. The Morgan fingerprint density at radius 1 is 1.00 bits per heavy atom. The number of ether oxygens (including phenoxy) is 3. The molecular weight excluding hydrogens is 292 g/mol. The second-order valence-corrected chi connectivity index (χ2v) is 4.78. The van der Waals surface area contributed by atoms with Gasteiger partial charge >= 0.3 is 0 Å². The Bertz CT molecular complexity index is 639. The van der Waals surface area contributed by atoms with Crippen molar-refractivity contribution in [3.8, 4) is 17.2 Å². The molecule has 0 radical (unpaired) electrons. The van der Waals surface area contributed by atoms with E-state index < -0.39 is 0 Å². The van der Waals surface area contributed by atoms with Gasteiger partial charge < -0.3 is 19.6 Å². The molecule has 23 heavy (non-hydrogen) atoms. The molecule has 0 aromatic heterocycles. The van der Waals surface area contributed by atoms with Crippen LogP contribution in [0.1, 0.15) is 18.1 Å². The van der Waals surface area contributed by atoms with E-state index in [1.165, 1.54) is 0 Å². The second-order valence-electron chi connectivity index (χ2n) is 4.78. The lowest BCUT2D eigenvalue weighted by Crippen LogP contribution is -2.06. The van der Waals surface area contributed by atoms with Crippen molar-refractivity contribution in [2.45, 2.75) is 13.5 Å². The quantitative estimate of drug-likeness (QED) is 0.600. The van der Waals surface area contributed by atoms with Gasteiger partial charge in [0.15, 0.2) is 11.5 Å². The Kier molecular flexibility index (Phi) is 6.29. The highest BCUT2D eigenvalue weighted by atomic mass is 16.5. The van der Waals surface area contributed by atoms with Crippen LogP contribution in [0.2, 0.25) is 0 Å². The molecule has 0 fully saturated rings. The molecule has 0 amide bonds. The van der Waals surface area contributed by atoms with Crippen LogP contribution in [0.25, 0.3) is 0 Å². The molecule has 0 bridgehead atoms. The molecule has 0 saturated heterocycles. The smallest absolute Gasteiger partial charge is 0.161 e. The lowest BCUT2D eigenvalue weighted by Gasteiger charge is -2.09. The van der Waals surface area contributed by atoms with Gasteiger partial charge in [0.2, 0.25) is 0 Å². The molecule has 122 valence electrons. The van der Waals surface area contributed by atoms with Gasteiger partial charge in [-0.15, -0.1) is 0 Å². The standard InChI is InChI=1S/C18H22N2O3/c1-4-23-16-8-5-14(6-9-16)12-19-20-13-15-7-10-17(21-2)18(11-15)22-3/h5-12,20H,4,13H2,1-3H3/b19-12+. The average Bonchev–Trinajstić information content (AvgIpc) is 2.60. The summed E-state index contributed by atoms with van der Waals surface area (Å²) < 4.78 is 15.9. The molecule has 2 aromatic rings. The summed E-state index contributed by atoms with van der Waals surface area (Å²) in [6, 6.07) is 13.6. The predicted molar refractivity (Wildman–Crippen MR) is 91.6 cm³/mol. The minimum atomic E-state index is 0.605. The summed E-state index contributed by atoms with van der Waals surface area (Å²) in [6.45, 7) is 3.24. The molecule has 0 saturated carbocycles. The van der Waals surface area contributed by atoms with E-state index in [1.54, 1.807) is 20.4 Å². The number of benzene rings is 2. The molecular formula is C18H22N2O3. The van der Waals surface area contributed by atoms with Gasteiger partial charge in [0.05, 0.1) is 33.6 Å². The zero-order valence-corrected chi connectivity index (χ0v) is 13.7. The van der Waals surface area contributed by atoms with Crippen molar-refractivity contribution in [3.05, 3.63) is 53.6 Å². The van der Waals surface area contributed by atoms with Crippen molar-refractivity contribution in [1.82, 2.24) is 5.43 Å². The van der Waals surface area contributed by atoms with E-state index in [9.17, 15) is 0 Å². The maximum absolute atomic E-state index is 5.40. The van der Waals surface area contributed by atoms with Crippen LogP contribution in [-0.2, 0) is 6.54 Å². The van der Waals surface area contributed by atoms with Crippen molar-refractivity contribution >= 4 is 6.21 Å². The zero-order valence-electron chi connectivity index (χ0n) is 13.7. The Balaban J connectivity index is 1.88. The number of nitrogens with one attached hydrogen (secondary N) is 1. The fraction of sp³-hybridized carbons (Fsp3) is 0.278. The lowest BCUT2D eigenvalue weighted by atomic mass is 10.2. The van der Waals surface area contributed by atoms with Gasteiger partial charge in [0.25, 0.3) is 0 Å². The number of rotatable bonds is 8. The van der Waals surface area contributed by atoms with E-state index in [2.05, 4.69) is 10.5 Å². The third-order valence-corrected chi connectivity index (χ3v) is 3.23. The van der Waals surface area contributed by atoms with E-state index in [1.807, 2.05) is 49.4 Å². The van der Waals surface area contributed by atoms with E-state index >= 15 is 0 Å². The third kappa shape index (κ3) is 4.92. The Hall–Kier alpha value is -2.69. The van der Waals surface area contributed by atoms with E-state index in [-0.39, 0.29) is 0 Å². The highest BCUT2D eigenvalue weighted by molar-refractivity contribution is 5.79. The lowest BCUT2D eigenvalue weighted by molar-refractivity contribution is 0.340. The fourth-order valence-corrected chi connectivity index (χ4v) is 2.06. The maximum Gasteiger partial charge on any atom is 0.161 e. The summed E-state index contributed by atoms with van der Waals surface area (Å²) in [4.78, 5) is 0. The average molecular weight is 314 g/mol. The number of hydrazone groups is 1. The molecule has 0 unspecified atom stereocenters.